The van der Waals surface area contributed by atoms with E-state index in [9.17, 15) is 9.90 Å². The normalized spacial score (nSPS) is 9.54. The smallest absolute Gasteiger partial charge is 0.545 e. The maximum Gasteiger partial charge on any atom is 1.00 e. The number of H-pyrrole nitrogens is 1. The Balaban J connectivity index is 0.000000845. The fraction of sp³-hybridized carbons (Fsp3) is 0. The van der Waals surface area contributed by atoms with Gasteiger partial charge in [-0.15, -0.1) is 0 Å². The number of nitrogens with one attached hydrogen (secondary N) is 1. The van der Waals surface area contributed by atoms with Gasteiger partial charge in [0, 0.05) is 0 Å². The summed E-state index contributed by atoms with van der Waals surface area (Å²) in [6, 6.07) is 4.60. The Hall–Kier alpha value is -0.840. The maximum atomic E-state index is 10.4. The quantitative estimate of drug-likeness (QED) is 0.478. The molecule has 60 valence electrons. The molecule has 0 aliphatic heterocycles. The van der Waals surface area contributed by atoms with E-state index >= 15 is 0 Å². The Morgan fingerprint density at radius 1 is 1.46 bits per heavy atom. The van der Waals surface area contributed by atoms with Crippen LogP contribution in [0.25, 0.3) is 11.0 Å². The van der Waals surface area contributed by atoms with Gasteiger partial charge < -0.3 is 14.9 Å². The minimum Gasteiger partial charge on any atom is -0.545 e. The van der Waals surface area contributed by atoms with E-state index in [-0.39, 0.29) is 35.1 Å². The van der Waals surface area contributed by atoms with Crippen LogP contribution < -0.4 is 34.7 Å². The number of carboxylic acid groups (broad SMARTS) is 1. The van der Waals surface area contributed by atoms with Gasteiger partial charge in [-0.25, -0.2) is 4.98 Å². The van der Waals surface area contributed by atoms with Gasteiger partial charge in [-0.2, -0.15) is 0 Å². The average molecular weight is 184 g/mol. The number of hydrogen-bond donors (Lipinski definition) is 1. The second kappa shape index (κ2) is 3.91. The van der Waals surface area contributed by atoms with Gasteiger partial charge >= 0.3 is 29.6 Å². The molecule has 2 aromatic rings. The maximum absolute atomic E-state index is 10.4. The van der Waals surface area contributed by atoms with E-state index in [1.54, 1.807) is 6.07 Å². The minimum atomic E-state index is -1.17. The van der Waals surface area contributed by atoms with Crippen LogP contribution in [0, 0.1) is 0 Å². The molecule has 0 radical (unpaired) electrons. The van der Waals surface area contributed by atoms with E-state index < -0.39 is 5.97 Å². The Bertz CT molecular complexity index is 438. The second-order valence-electron chi connectivity index (χ2n) is 2.42. The molecule has 4 nitrogen and oxygen atoms in total. The number of fused-ring (bicyclic) bond motifs is 1. The zero-order valence-electron chi connectivity index (χ0n) is 7.07. The molecule has 0 aliphatic rings. The second-order valence-corrected chi connectivity index (χ2v) is 2.42. The molecule has 0 aliphatic carbocycles. The molecule has 2 rings (SSSR count). The molecule has 0 atom stereocenters. The molecule has 5 heteroatoms. The topological polar surface area (TPSA) is 68.8 Å². The minimum absolute atomic E-state index is 0. The number of rotatable bonds is 1. The molecule has 0 unspecified atom stereocenters. The molecule has 1 aromatic heterocycles. The van der Waals surface area contributed by atoms with Gasteiger partial charge in [0.05, 0.1) is 23.3 Å². The molecule has 0 spiro atoms. The van der Waals surface area contributed by atoms with Gasteiger partial charge in [0.2, 0.25) is 0 Å². The molecule has 1 heterocycles. The number of nitrogens with zero attached hydrogens (tertiary/aromatic N) is 1. The summed E-state index contributed by atoms with van der Waals surface area (Å²) in [5, 5.41) is 10.4. The van der Waals surface area contributed by atoms with Crippen molar-refractivity contribution in [1.29, 1.82) is 0 Å². The summed E-state index contributed by atoms with van der Waals surface area (Å²) in [5.74, 6) is -1.17. The number of aromatic nitrogens is 2. The van der Waals surface area contributed by atoms with E-state index in [0.29, 0.717) is 5.52 Å². The van der Waals surface area contributed by atoms with Crippen molar-refractivity contribution >= 4 is 17.0 Å². The van der Waals surface area contributed by atoms with Gasteiger partial charge in [-0.3, -0.25) is 0 Å². The SMILES string of the molecule is O=C([O-])c1ccc2nc[nH]c2c1.[Na+]. The van der Waals surface area contributed by atoms with E-state index in [1.807, 2.05) is 0 Å². The van der Waals surface area contributed by atoms with Crippen molar-refractivity contribution in [3.05, 3.63) is 30.1 Å². The number of carbonyl (C=O) groups is 1. The zero-order chi connectivity index (χ0) is 8.55. The molecule has 1 aromatic carbocycles. The Labute approximate surface area is 96.3 Å². The van der Waals surface area contributed by atoms with E-state index in [2.05, 4.69) is 9.97 Å². The zero-order valence-corrected chi connectivity index (χ0v) is 9.07. The van der Waals surface area contributed by atoms with E-state index in [1.165, 1.54) is 18.5 Å². The average Bonchev–Trinajstić information content (AvgIpc) is 2.49. The predicted octanol–water partition coefficient (Wildman–Crippen LogP) is -3.07. The summed E-state index contributed by atoms with van der Waals surface area (Å²) in [6.07, 6.45) is 1.52. The third-order valence-corrected chi connectivity index (χ3v) is 1.66. The van der Waals surface area contributed by atoms with Gasteiger partial charge in [0.15, 0.2) is 0 Å². The van der Waals surface area contributed by atoms with Crippen molar-refractivity contribution in [1.82, 2.24) is 9.97 Å². The number of imidazole rings is 1. The van der Waals surface area contributed by atoms with Crippen LogP contribution in [0.1, 0.15) is 10.4 Å². The first kappa shape index (κ1) is 10.2. The molecular weight excluding hydrogens is 179 g/mol. The third kappa shape index (κ3) is 1.91. The Kier molecular flexibility index (Phi) is 3.08. The van der Waals surface area contributed by atoms with Gasteiger partial charge in [0.1, 0.15) is 0 Å². The van der Waals surface area contributed by atoms with Crippen molar-refractivity contribution < 1.29 is 39.5 Å². The summed E-state index contributed by atoms with van der Waals surface area (Å²) < 4.78 is 0. The van der Waals surface area contributed by atoms with Crippen LogP contribution in [0.5, 0.6) is 0 Å². The van der Waals surface area contributed by atoms with Crippen LogP contribution in [-0.2, 0) is 0 Å². The van der Waals surface area contributed by atoms with Gasteiger partial charge in [0.25, 0.3) is 0 Å². The summed E-state index contributed by atoms with van der Waals surface area (Å²) in [7, 11) is 0. The first-order valence-electron chi connectivity index (χ1n) is 3.42. The van der Waals surface area contributed by atoms with Crippen molar-refractivity contribution in [3.63, 3.8) is 0 Å². The van der Waals surface area contributed by atoms with Crippen LogP contribution in [0.15, 0.2) is 24.5 Å². The molecular formula is C8H5N2NaO2. The number of benzene rings is 1. The summed E-state index contributed by atoms with van der Waals surface area (Å²) in [6.45, 7) is 0. The largest absolute Gasteiger partial charge is 1.00 e. The molecule has 13 heavy (non-hydrogen) atoms. The van der Waals surface area contributed by atoms with Crippen LogP contribution in [0.4, 0.5) is 0 Å². The van der Waals surface area contributed by atoms with Crippen LogP contribution in [0.3, 0.4) is 0 Å². The summed E-state index contributed by atoms with van der Waals surface area (Å²) in [4.78, 5) is 17.2. The Morgan fingerprint density at radius 2 is 2.23 bits per heavy atom. The predicted molar refractivity (Wildman–Crippen MR) is 40.4 cm³/mol. The number of hydrogen-bond acceptors (Lipinski definition) is 3. The van der Waals surface area contributed by atoms with Crippen molar-refractivity contribution in [2.24, 2.45) is 0 Å². The van der Waals surface area contributed by atoms with Crippen LogP contribution in [0.2, 0.25) is 0 Å². The molecule has 0 saturated carbocycles. The van der Waals surface area contributed by atoms with E-state index in [4.69, 9.17) is 0 Å². The van der Waals surface area contributed by atoms with E-state index in [0.717, 1.165) is 5.52 Å². The third-order valence-electron chi connectivity index (χ3n) is 1.66. The number of carboxylic acids is 1. The number of aromatic carboxylic acids is 1. The monoisotopic (exact) mass is 184 g/mol. The molecule has 0 bridgehead atoms. The van der Waals surface area contributed by atoms with Crippen molar-refractivity contribution in [2.45, 2.75) is 0 Å². The van der Waals surface area contributed by atoms with Crippen molar-refractivity contribution in [2.75, 3.05) is 0 Å². The van der Waals surface area contributed by atoms with Crippen LogP contribution >= 0.6 is 0 Å². The standard InChI is InChI=1S/C8H6N2O2.Na/c11-8(12)5-1-2-6-7(3-5)10-4-9-6;/h1-4H,(H,9,10)(H,11,12);/q;+1/p-1. The first-order valence-corrected chi connectivity index (χ1v) is 3.42. The number of carbonyl (C=O) groups excluding carboxylic acids is 1. The fourth-order valence-electron chi connectivity index (χ4n) is 1.06. The first-order chi connectivity index (χ1) is 5.77. The van der Waals surface area contributed by atoms with Gasteiger partial charge in [-0.05, 0) is 17.7 Å². The Morgan fingerprint density at radius 3 is 2.92 bits per heavy atom. The van der Waals surface area contributed by atoms with Gasteiger partial charge in [-0.1, -0.05) is 6.07 Å². The molecule has 0 saturated heterocycles. The number of aromatic amines is 1. The summed E-state index contributed by atoms with van der Waals surface area (Å²) >= 11 is 0. The van der Waals surface area contributed by atoms with Crippen LogP contribution in [-0.4, -0.2) is 15.9 Å². The molecule has 0 fully saturated rings. The fourth-order valence-corrected chi connectivity index (χ4v) is 1.06. The summed E-state index contributed by atoms with van der Waals surface area (Å²) in [5.41, 5.74) is 1.61. The van der Waals surface area contributed by atoms with Crippen molar-refractivity contribution in [3.8, 4) is 0 Å². The molecule has 1 N–H and O–H groups in total. The molecule has 0 amide bonds.